The van der Waals surface area contributed by atoms with Crippen molar-refractivity contribution in [1.82, 2.24) is 0 Å². The summed E-state index contributed by atoms with van der Waals surface area (Å²) < 4.78 is 0. The maximum Gasteiger partial charge on any atom is 2.00 e. The van der Waals surface area contributed by atoms with E-state index in [1.54, 1.807) is 6.08 Å². The zero-order valence-electron chi connectivity index (χ0n) is 3.85. The molecular weight excluding hydrogens is 112 g/mol. The van der Waals surface area contributed by atoms with Gasteiger partial charge in [0.05, 0.1) is 0 Å². The molecule has 0 saturated heterocycles. The molecule has 6 heavy (non-hydrogen) atoms. The van der Waals surface area contributed by atoms with Crippen LogP contribution in [0.1, 0.15) is 6.92 Å². The predicted octanol–water partition coefficient (Wildman–Crippen LogP) is 1.75. The van der Waals surface area contributed by atoms with Gasteiger partial charge in [-0.25, -0.2) is 0 Å². The Morgan fingerprint density at radius 3 is 2.00 bits per heavy atom. The summed E-state index contributed by atoms with van der Waals surface area (Å²) in [5.41, 5.74) is 0. The fourth-order valence-corrected chi connectivity index (χ4v) is 0.136. The summed E-state index contributed by atoms with van der Waals surface area (Å²) in [6.07, 6.45) is 5.58. The van der Waals surface area contributed by atoms with Crippen LogP contribution in [0.25, 0.3) is 0 Å². The molecule has 0 unspecified atom stereocenters. The maximum atomic E-state index is 3.46. The zero-order chi connectivity index (χ0) is 4.12. The second kappa shape index (κ2) is 8.89. The average molecular weight is 120 g/mol. The van der Waals surface area contributed by atoms with E-state index in [4.69, 9.17) is 0 Å². The Labute approximate surface area is 49.7 Å². The van der Waals surface area contributed by atoms with Gasteiger partial charge in [0.25, 0.3) is 0 Å². The van der Waals surface area contributed by atoms with E-state index in [9.17, 15) is 0 Å². The molecule has 0 aliphatic heterocycles. The van der Waals surface area contributed by atoms with Crippen molar-refractivity contribution in [3.05, 3.63) is 24.8 Å². The molecule has 0 aromatic carbocycles. The molecule has 0 aromatic rings. The quantitative estimate of drug-likeness (QED) is 0.462. The van der Waals surface area contributed by atoms with Crippen molar-refractivity contribution in [3.8, 4) is 0 Å². The van der Waals surface area contributed by atoms with Crippen LogP contribution in [0.5, 0.6) is 0 Å². The number of allylic oxidation sites excluding steroid dienone is 3. The number of hydrogen-bond donors (Lipinski definition) is 0. The predicted molar refractivity (Wildman–Crippen MR) is 25.0 cm³/mol. The van der Waals surface area contributed by atoms with Crippen LogP contribution in [0, 0.1) is 0 Å². The molecule has 1 heteroatoms. The monoisotopic (exact) mass is 120 g/mol. The normalized spacial score (nSPS) is 7.50. The second-order valence-electron chi connectivity index (χ2n) is 0.761. The van der Waals surface area contributed by atoms with Gasteiger partial charge in [-0.1, -0.05) is 24.8 Å². The third-order valence-electron chi connectivity index (χ3n) is 0.329. The van der Waals surface area contributed by atoms with Crippen LogP contribution in [-0.2, 0) is 17.4 Å². The fraction of sp³-hybridized carbons (Fsp3) is 0.200. The Kier molecular flexibility index (Phi) is 13.9. The number of rotatable bonds is 1. The molecule has 0 rings (SSSR count). The van der Waals surface area contributed by atoms with Crippen molar-refractivity contribution >= 4 is 0 Å². The van der Waals surface area contributed by atoms with Gasteiger partial charge < -0.3 is 0 Å². The van der Waals surface area contributed by atoms with Gasteiger partial charge in [-0.2, -0.15) is 0 Å². The van der Waals surface area contributed by atoms with Crippen molar-refractivity contribution in [3.63, 3.8) is 0 Å². The third kappa shape index (κ3) is 8.99. The summed E-state index contributed by atoms with van der Waals surface area (Å²) in [5, 5.41) is 0. The first-order valence-corrected chi connectivity index (χ1v) is 1.65. The molecule has 32 valence electrons. The van der Waals surface area contributed by atoms with Crippen LogP contribution in [-0.4, -0.2) is 0 Å². The molecule has 0 heterocycles. The van der Waals surface area contributed by atoms with Crippen LogP contribution >= 0.6 is 0 Å². The smallest absolute Gasteiger partial charge is 0.0991 e. The fourth-order valence-electron chi connectivity index (χ4n) is 0.136. The van der Waals surface area contributed by atoms with Gasteiger partial charge in [0.15, 0.2) is 0 Å². The largest absolute Gasteiger partial charge is 2.00 e. The van der Waals surface area contributed by atoms with Crippen LogP contribution in [0.3, 0.4) is 0 Å². The van der Waals surface area contributed by atoms with Crippen LogP contribution in [0.15, 0.2) is 24.8 Å². The summed E-state index contributed by atoms with van der Waals surface area (Å²) in [7, 11) is 0. The molecule has 0 aliphatic carbocycles. The Morgan fingerprint density at radius 2 is 2.00 bits per heavy atom. The first-order valence-electron chi connectivity index (χ1n) is 1.65. The first-order chi connectivity index (χ1) is 2.41. The van der Waals surface area contributed by atoms with Gasteiger partial charge in [-0.05, 0) is 6.92 Å². The maximum absolute atomic E-state index is 3.46. The van der Waals surface area contributed by atoms with Gasteiger partial charge >= 0.3 is 17.4 Å². The van der Waals surface area contributed by atoms with E-state index in [1.807, 2.05) is 19.1 Å². The Morgan fingerprint density at radius 1 is 1.50 bits per heavy atom. The standard InChI is InChI=1S/C5H8.Cr/c1-3-5-4-2;/h3-5H,1H2,2H3;/q;+2. The molecule has 0 spiro atoms. The summed E-state index contributed by atoms with van der Waals surface area (Å²) >= 11 is 0. The van der Waals surface area contributed by atoms with Crippen molar-refractivity contribution in [2.45, 2.75) is 6.92 Å². The van der Waals surface area contributed by atoms with Gasteiger partial charge in [-0.15, -0.1) is 0 Å². The van der Waals surface area contributed by atoms with E-state index in [0.29, 0.717) is 0 Å². The molecule has 0 fully saturated rings. The van der Waals surface area contributed by atoms with Crippen molar-refractivity contribution in [2.75, 3.05) is 0 Å². The van der Waals surface area contributed by atoms with E-state index < -0.39 is 0 Å². The molecule has 0 nitrogen and oxygen atoms in total. The molecule has 0 radical (unpaired) electrons. The Bertz CT molecular complexity index is 45.9. The minimum absolute atomic E-state index is 0. The van der Waals surface area contributed by atoms with Gasteiger partial charge in [-0.3, -0.25) is 0 Å². The molecule has 0 atom stereocenters. The summed E-state index contributed by atoms with van der Waals surface area (Å²) in [4.78, 5) is 0. The van der Waals surface area contributed by atoms with Gasteiger partial charge in [0.1, 0.15) is 0 Å². The van der Waals surface area contributed by atoms with E-state index in [0.717, 1.165) is 0 Å². The van der Waals surface area contributed by atoms with Gasteiger partial charge in [0.2, 0.25) is 0 Å². The molecule has 0 aliphatic rings. The van der Waals surface area contributed by atoms with E-state index in [-0.39, 0.29) is 17.4 Å². The van der Waals surface area contributed by atoms with E-state index in [1.165, 1.54) is 0 Å². The topological polar surface area (TPSA) is 0 Å². The third-order valence-corrected chi connectivity index (χ3v) is 0.329. The SMILES string of the molecule is C=CC=CC.[Cr+2]. The number of hydrogen-bond acceptors (Lipinski definition) is 0. The Hall–Kier alpha value is 0.0125. The molecular formula is C5H8Cr+2. The zero-order valence-corrected chi connectivity index (χ0v) is 5.12. The van der Waals surface area contributed by atoms with Crippen molar-refractivity contribution < 1.29 is 17.4 Å². The van der Waals surface area contributed by atoms with E-state index in [2.05, 4.69) is 6.58 Å². The second-order valence-corrected chi connectivity index (χ2v) is 0.761. The molecule has 0 amide bonds. The summed E-state index contributed by atoms with van der Waals surface area (Å²) in [6, 6.07) is 0. The minimum Gasteiger partial charge on any atom is -0.0991 e. The van der Waals surface area contributed by atoms with Crippen LogP contribution in [0.2, 0.25) is 0 Å². The summed E-state index contributed by atoms with van der Waals surface area (Å²) in [5.74, 6) is 0. The Balaban J connectivity index is 0. The molecule has 0 N–H and O–H groups in total. The molecule has 0 bridgehead atoms. The van der Waals surface area contributed by atoms with Crippen LogP contribution in [0.4, 0.5) is 0 Å². The first kappa shape index (κ1) is 9.38. The van der Waals surface area contributed by atoms with E-state index >= 15 is 0 Å². The average Bonchev–Trinajstić information content (AvgIpc) is 1.41. The van der Waals surface area contributed by atoms with Crippen LogP contribution < -0.4 is 0 Å². The van der Waals surface area contributed by atoms with Gasteiger partial charge in [0, 0.05) is 0 Å². The minimum atomic E-state index is 0. The van der Waals surface area contributed by atoms with Crippen molar-refractivity contribution in [2.24, 2.45) is 0 Å². The van der Waals surface area contributed by atoms with Crippen molar-refractivity contribution in [1.29, 1.82) is 0 Å². The molecule has 0 saturated carbocycles. The molecule has 0 aromatic heterocycles. The summed E-state index contributed by atoms with van der Waals surface area (Å²) in [6.45, 7) is 5.42.